The molecule has 2 heteroatoms. The number of benzene rings is 1. The summed E-state index contributed by atoms with van der Waals surface area (Å²) < 4.78 is 0. The highest BCUT2D eigenvalue weighted by molar-refractivity contribution is 6.23. The molecular weight excluding hydrogens is 171 g/mol. The summed E-state index contributed by atoms with van der Waals surface area (Å²) in [5, 5.41) is 0. The molecule has 14 heavy (non-hydrogen) atoms. The molecule has 0 aromatic heterocycles. The van der Waals surface area contributed by atoms with Gasteiger partial charge in [0.2, 0.25) is 0 Å². The van der Waals surface area contributed by atoms with E-state index in [1.54, 1.807) is 6.92 Å². The second-order valence-corrected chi connectivity index (χ2v) is 3.68. The number of carbonyl (C=O) groups excluding carboxylic acids is 1. The minimum absolute atomic E-state index is 0.0681. The average Bonchev–Trinajstić information content (AvgIpc) is 2.16. The molecular formula is C12H15BO. The van der Waals surface area contributed by atoms with Crippen molar-refractivity contribution in [3.05, 3.63) is 35.4 Å². The first-order chi connectivity index (χ1) is 6.61. The number of Topliss-reactive ketones (excluding diaryl/α,β-unsaturated/α-hetero) is 1. The molecule has 1 aromatic carbocycles. The van der Waals surface area contributed by atoms with Crippen LogP contribution in [0, 0.1) is 6.92 Å². The van der Waals surface area contributed by atoms with Crippen LogP contribution in [0.1, 0.15) is 24.5 Å². The van der Waals surface area contributed by atoms with Crippen molar-refractivity contribution in [2.24, 2.45) is 0 Å². The third-order valence-corrected chi connectivity index (χ3v) is 2.51. The third kappa shape index (κ3) is 3.02. The third-order valence-electron chi connectivity index (χ3n) is 2.51. The minimum atomic E-state index is -0.311. The maximum absolute atomic E-state index is 10.9. The summed E-state index contributed by atoms with van der Waals surface area (Å²) in [5.41, 5.74) is 2.55. The van der Waals surface area contributed by atoms with E-state index in [1.807, 2.05) is 12.1 Å². The van der Waals surface area contributed by atoms with Crippen LogP contribution in [-0.4, -0.2) is 13.6 Å². The van der Waals surface area contributed by atoms with Gasteiger partial charge in [-0.3, -0.25) is 0 Å². The van der Waals surface area contributed by atoms with E-state index >= 15 is 0 Å². The van der Waals surface area contributed by atoms with Crippen LogP contribution in [0.2, 0.25) is 5.82 Å². The first-order valence-electron chi connectivity index (χ1n) is 4.92. The van der Waals surface area contributed by atoms with Crippen LogP contribution in [0.15, 0.2) is 24.3 Å². The van der Waals surface area contributed by atoms with Crippen molar-refractivity contribution in [2.45, 2.75) is 32.5 Å². The lowest BCUT2D eigenvalue weighted by molar-refractivity contribution is -0.117. The van der Waals surface area contributed by atoms with Gasteiger partial charge in [0.15, 0.2) is 0 Å². The molecule has 72 valence electrons. The van der Waals surface area contributed by atoms with Gasteiger partial charge in [0, 0.05) is 0 Å². The Morgan fingerprint density at radius 2 is 2.07 bits per heavy atom. The SMILES string of the molecule is [B]C(CCc1ccccc1C)C(C)=O. The first-order valence-corrected chi connectivity index (χ1v) is 4.92. The molecule has 0 aliphatic rings. The summed E-state index contributed by atoms with van der Waals surface area (Å²) in [6, 6.07) is 8.20. The maximum atomic E-state index is 10.9. The average molecular weight is 186 g/mol. The fourth-order valence-corrected chi connectivity index (χ4v) is 1.40. The van der Waals surface area contributed by atoms with E-state index in [2.05, 4.69) is 19.1 Å². The Kier molecular flexibility index (Phi) is 3.93. The quantitative estimate of drug-likeness (QED) is 0.660. The lowest BCUT2D eigenvalue weighted by atomic mass is 9.79. The summed E-state index contributed by atoms with van der Waals surface area (Å²) >= 11 is 0. The number of hydrogen-bond donors (Lipinski definition) is 0. The van der Waals surface area contributed by atoms with E-state index in [-0.39, 0.29) is 11.6 Å². The largest absolute Gasteiger partial charge is 0.301 e. The highest BCUT2D eigenvalue weighted by atomic mass is 16.1. The van der Waals surface area contributed by atoms with E-state index in [0.717, 1.165) is 12.8 Å². The Labute approximate surface area is 86.9 Å². The molecule has 0 saturated carbocycles. The summed E-state index contributed by atoms with van der Waals surface area (Å²) in [7, 11) is 5.66. The van der Waals surface area contributed by atoms with E-state index in [1.165, 1.54) is 11.1 Å². The van der Waals surface area contributed by atoms with Crippen molar-refractivity contribution >= 4 is 13.6 Å². The molecule has 0 spiro atoms. The van der Waals surface area contributed by atoms with Crippen molar-refractivity contribution in [3.8, 4) is 0 Å². The highest BCUT2D eigenvalue weighted by Crippen LogP contribution is 2.15. The van der Waals surface area contributed by atoms with Crippen molar-refractivity contribution in [1.82, 2.24) is 0 Å². The number of rotatable bonds is 4. The van der Waals surface area contributed by atoms with Crippen molar-refractivity contribution in [2.75, 3.05) is 0 Å². The fraction of sp³-hybridized carbons (Fsp3) is 0.417. The molecule has 0 N–H and O–H groups in total. The molecule has 0 heterocycles. The van der Waals surface area contributed by atoms with Crippen LogP contribution in [0.4, 0.5) is 0 Å². The van der Waals surface area contributed by atoms with Gasteiger partial charge in [-0.2, -0.15) is 0 Å². The topological polar surface area (TPSA) is 17.1 Å². The molecule has 1 unspecified atom stereocenters. The number of carbonyl (C=O) groups is 1. The summed E-state index contributed by atoms with van der Waals surface area (Å²) in [5.74, 6) is -0.242. The molecule has 0 saturated heterocycles. The Bertz CT molecular complexity index is 320. The van der Waals surface area contributed by atoms with Gasteiger partial charge in [0.1, 0.15) is 5.78 Å². The maximum Gasteiger partial charge on any atom is 0.124 e. The van der Waals surface area contributed by atoms with Crippen LogP contribution in [0.5, 0.6) is 0 Å². The Balaban J connectivity index is 2.54. The van der Waals surface area contributed by atoms with Gasteiger partial charge in [0.05, 0.1) is 7.85 Å². The number of aryl methyl sites for hydroxylation is 2. The van der Waals surface area contributed by atoms with Crippen molar-refractivity contribution in [1.29, 1.82) is 0 Å². The van der Waals surface area contributed by atoms with Gasteiger partial charge in [-0.05, 0) is 43.6 Å². The molecule has 2 radical (unpaired) electrons. The zero-order valence-electron chi connectivity index (χ0n) is 8.79. The van der Waals surface area contributed by atoms with E-state index in [0.29, 0.717) is 0 Å². The zero-order valence-corrected chi connectivity index (χ0v) is 8.79. The van der Waals surface area contributed by atoms with Crippen molar-refractivity contribution < 1.29 is 4.79 Å². The molecule has 0 amide bonds. The van der Waals surface area contributed by atoms with Gasteiger partial charge in [-0.25, -0.2) is 0 Å². The monoisotopic (exact) mass is 186 g/mol. The van der Waals surface area contributed by atoms with Crippen LogP contribution < -0.4 is 0 Å². The Hall–Kier alpha value is -1.05. The lowest BCUT2D eigenvalue weighted by Crippen LogP contribution is -2.05. The molecule has 1 rings (SSSR count). The zero-order chi connectivity index (χ0) is 10.6. The van der Waals surface area contributed by atoms with Crippen LogP contribution in [-0.2, 0) is 11.2 Å². The van der Waals surface area contributed by atoms with Crippen molar-refractivity contribution in [3.63, 3.8) is 0 Å². The van der Waals surface area contributed by atoms with E-state index in [4.69, 9.17) is 7.85 Å². The minimum Gasteiger partial charge on any atom is -0.301 e. The predicted molar refractivity (Wildman–Crippen MR) is 59.7 cm³/mol. The lowest BCUT2D eigenvalue weighted by Gasteiger charge is -2.09. The fourth-order valence-electron chi connectivity index (χ4n) is 1.40. The summed E-state index contributed by atoms with van der Waals surface area (Å²) in [4.78, 5) is 10.9. The summed E-state index contributed by atoms with van der Waals surface area (Å²) in [6.45, 7) is 3.62. The predicted octanol–water partition coefficient (Wildman–Crippen LogP) is 2.47. The van der Waals surface area contributed by atoms with Gasteiger partial charge in [0.25, 0.3) is 0 Å². The van der Waals surface area contributed by atoms with Crippen LogP contribution in [0.25, 0.3) is 0 Å². The van der Waals surface area contributed by atoms with E-state index < -0.39 is 0 Å². The highest BCUT2D eigenvalue weighted by Gasteiger charge is 2.07. The molecule has 0 fully saturated rings. The van der Waals surface area contributed by atoms with Gasteiger partial charge in [-0.15, -0.1) is 0 Å². The van der Waals surface area contributed by atoms with Crippen LogP contribution >= 0.6 is 0 Å². The normalized spacial score (nSPS) is 12.4. The molecule has 0 aliphatic heterocycles. The molecule has 0 bridgehead atoms. The smallest absolute Gasteiger partial charge is 0.124 e. The van der Waals surface area contributed by atoms with E-state index in [9.17, 15) is 4.79 Å². The number of ketones is 1. The molecule has 0 aliphatic carbocycles. The Morgan fingerprint density at radius 3 is 2.64 bits per heavy atom. The van der Waals surface area contributed by atoms with Gasteiger partial charge in [-0.1, -0.05) is 24.3 Å². The first kappa shape index (κ1) is 11.0. The second kappa shape index (κ2) is 4.99. The molecule has 1 aromatic rings. The molecule has 1 atom stereocenters. The van der Waals surface area contributed by atoms with Gasteiger partial charge < -0.3 is 4.79 Å². The standard InChI is InChI=1S/C12H15BO/c1-9-5-3-4-6-11(9)7-8-12(13)10(2)14/h3-6,12H,7-8H2,1-2H3. The Morgan fingerprint density at radius 1 is 1.43 bits per heavy atom. The number of hydrogen-bond acceptors (Lipinski definition) is 1. The van der Waals surface area contributed by atoms with Crippen LogP contribution in [0.3, 0.4) is 0 Å². The molecule has 1 nitrogen and oxygen atoms in total. The second-order valence-electron chi connectivity index (χ2n) is 3.68. The summed E-state index contributed by atoms with van der Waals surface area (Å²) in [6.07, 6.45) is 1.62. The van der Waals surface area contributed by atoms with Gasteiger partial charge >= 0.3 is 0 Å².